The molecule has 2 saturated heterocycles. The molecule has 1 aromatic rings. The van der Waals surface area contributed by atoms with Crippen molar-refractivity contribution in [1.29, 1.82) is 5.26 Å². The van der Waals surface area contributed by atoms with Crippen LogP contribution in [-0.4, -0.2) is 25.2 Å². The second kappa shape index (κ2) is 4.62. The third-order valence-electron chi connectivity index (χ3n) is 4.14. The summed E-state index contributed by atoms with van der Waals surface area (Å²) in [5, 5.41) is 13.0. The number of nitrogens with one attached hydrogen (secondary N) is 1. The van der Waals surface area contributed by atoms with Crippen LogP contribution in [0.2, 0.25) is 0 Å². The van der Waals surface area contributed by atoms with Crippen molar-refractivity contribution in [2.24, 2.45) is 0 Å². The molecular weight excluding hydrogens is 222 g/mol. The average molecular weight is 241 g/mol. The first-order valence-corrected chi connectivity index (χ1v) is 6.78. The SMILES string of the molecule is Cc1ccc(N2CCC3CCC(C2)N3)c(C#N)c1. The topological polar surface area (TPSA) is 39.1 Å². The van der Waals surface area contributed by atoms with E-state index >= 15 is 0 Å². The van der Waals surface area contributed by atoms with Crippen LogP contribution in [0.4, 0.5) is 5.69 Å². The molecule has 2 unspecified atom stereocenters. The van der Waals surface area contributed by atoms with Crippen LogP contribution in [0.5, 0.6) is 0 Å². The van der Waals surface area contributed by atoms with E-state index in [1.165, 1.54) is 19.3 Å². The Morgan fingerprint density at radius 1 is 1.28 bits per heavy atom. The quantitative estimate of drug-likeness (QED) is 0.819. The molecule has 2 heterocycles. The first-order valence-electron chi connectivity index (χ1n) is 6.78. The molecule has 94 valence electrons. The van der Waals surface area contributed by atoms with E-state index in [0.717, 1.165) is 29.9 Å². The molecule has 0 radical (unpaired) electrons. The lowest BCUT2D eigenvalue weighted by Crippen LogP contribution is -2.35. The van der Waals surface area contributed by atoms with Crippen molar-refractivity contribution in [3.05, 3.63) is 29.3 Å². The molecule has 0 spiro atoms. The van der Waals surface area contributed by atoms with E-state index in [1.807, 2.05) is 13.0 Å². The minimum atomic E-state index is 0.602. The minimum Gasteiger partial charge on any atom is -0.369 e. The Hall–Kier alpha value is -1.53. The lowest BCUT2D eigenvalue weighted by Gasteiger charge is -2.27. The monoisotopic (exact) mass is 241 g/mol. The van der Waals surface area contributed by atoms with Crippen molar-refractivity contribution in [2.45, 2.75) is 38.3 Å². The van der Waals surface area contributed by atoms with Gasteiger partial charge >= 0.3 is 0 Å². The van der Waals surface area contributed by atoms with Gasteiger partial charge in [-0.15, -0.1) is 0 Å². The number of benzene rings is 1. The van der Waals surface area contributed by atoms with Crippen LogP contribution >= 0.6 is 0 Å². The maximum atomic E-state index is 9.28. The maximum absolute atomic E-state index is 9.28. The van der Waals surface area contributed by atoms with Gasteiger partial charge in [0.1, 0.15) is 6.07 Å². The largest absolute Gasteiger partial charge is 0.369 e. The van der Waals surface area contributed by atoms with E-state index in [4.69, 9.17) is 0 Å². The number of hydrogen-bond donors (Lipinski definition) is 1. The molecule has 2 atom stereocenters. The van der Waals surface area contributed by atoms with Crippen LogP contribution in [0.25, 0.3) is 0 Å². The fourth-order valence-corrected chi connectivity index (χ4v) is 3.18. The van der Waals surface area contributed by atoms with Crippen LogP contribution in [0, 0.1) is 18.3 Å². The number of hydrogen-bond acceptors (Lipinski definition) is 3. The summed E-state index contributed by atoms with van der Waals surface area (Å²) in [6, 6.07) is 9.83. The second-order valence-corrected chi connectivity index (χ2v) is 5.50. The Kier molecular flexibility index (Phi) is 2.97. The molecule has 3 heteroatoms. The Morgan fingerprint density at radius 3 is 2.94 bits per heavy atom. The number of nitriles is 1. The second-order valence-electron chi connectivity index (χ2n) is 5.50. The van der Waals surface area contributed by atoms with Gasteiger partial charge in [-0.1, -0.05) is 6.07 Å². The first kappa shape index (κ1) is 11.6. The number of fused-ring (bicyclic) bond motifs is 2. The number of anilines is 1. The molecule has 2 aliphatic heterocycles. The van der Waals surface area contributed by atoms with Crippen molar-refractivity contribution < 1.29 is 0 Å². The van der Waals surface area contributed by atoms with Crippen LogP contribution in [-0.2, 0) is 0 Å². The maximum Gasteiger partial charge on any atom is 0.101 e. The van der Waals surface area contributed by atoms with Gasteiger partial charge in [0, 0.05) is 25.2 Å². The molecule has 0 saturated carbocycles. The Balaban J connectivity index is 1.88. The first-order chi connectivity index (χ1) is 8.76. The molecule has 2 aliphatic rings. The predicted molar refractivity (Wildman–Crippen MR) is 72.7 cm³/mol. The predicted octanol–water partition coefficient (Wildman–Crippen LogP) is 2.20. The van der Waals surface area contributed by atoms with Gasteiger partial charge in [-0.3, -0.25) is 0 Å². The van der Waals surface area contributed by atoms with Crippen molar-refractivity contribution >= 4 is 5.69 Å². The molecule has 1 N–H and O–H groups in total. The molecule has 18 heavy (non-hydrogen) atoms. The van der Waals surface area contributed by atoms with Gasteiger partial charge < -0.3 is 10.2 Å². The van der Waals surface area contributed by atoms with Crippen LogP contribution in [0.3, 0.4) is 0 Å². The molecule has 1 aromatic carbocycles. The van der Waals surface area contributed by atoms with Crippen molar-refractivity contribution in [3.8, 4) is 6.07 Å². The lowest BCUT2D eigenvalue weighted by atomic mass is 10.1. The smallest absolute Gasteiger partial charge is 0.101 e. The molecule has 0 aliphatic carbocycles. The summed E-state index contributed by atoms with van der Waals surface area (Å²) in [7, 11) is 0. The van der Waals surface area contributed by atoms with Gasteiger partial charge in [-0.2, -0.15) is 5.26 Å². The van der Waals surface area contributed by atoms with E-state index in [1.54, 1.807) is 0 Å². The van der Waals surface area contributed by atoms with E-state index in [-0.39, 0.29) is 0 Å². The van der Waals surface area contributed by atoms with E-state index in [2.05, 4.69) is 28.4 Å². The highest BCUT2D eigenvalue weighted by Crippen LogP contribution is 2.27. The van der Waals surface area contributed by atoms with E-state index in [0.29, 0.717) is 12.1 Å². The highest BCUT2D eigenvalue weighted by molar-refractivity contribution is 5.60. The zero-order valence-electron chi connectivity index (χ0n) is 10.8. The molecular formula is C15H19N3. The van der Waals surface area contributed by atoms with Crippen LogP contribution in [0.1, 0.15) is 30.4 Å². The Labute approximate surface area is 108 Å². The Morgan fingerprint density at radius 2 is 2.11 bits per heavy atom. The molecule has 2 fully saturated rings. The zero-order chi connectivity index (χ0) is 12.5. The van der Waals surface area contributed by atoms with Gasteiger partial charge in [0.2, 0.25) is 0 Å². The normalized spacial score (nSPS) is 26.8. The van der Waals surface area contributed by atoms with E-state index in [9.17, 15) is 5.26 Å². The van der Waals surface area contributed by atoms with Gasteiger partial charge in [-0.05, 0) is 43.9 Å². The van der Waals surface area contributed by atoms with Crippen molar-refractivity contribution in [2.75, 3.05) is 18.0 Å². The molecule has 3 rings (SSSR count). The van der Waals surface area contributed by atoms with Gasteiger partial charge in [-0.25, -0.2) is 0 Å². The minimum absolute atomic E-state index is 0.602. The summed E-state index contributed by atoms with van der Waals surface area (Å²) < 4.78 is 0. The molecule has 3 nitrogen and oxygen atoms in total. The Bertz CT molecular complexity index is 489. The summed E-state index contributed by atoms with van der Waals surface area (Å²) in [6.07, 6.45) is 3.78. The summed E-state index contributed by atoms with van der Waals surface area (Å²) >= 11 is 0. The summed E-state index contributed by atoms with van der Waals surface area (Å²) in [5.41, 5.74) is 3.08. The lowest BCUT2D eigenvalue weighted by molar-refractivity contribution is 0.563. The van der Waals surface area contributed by atoms with Gasteiger partial charge in [0.25, 0.3) is 0 Å². The zero-order valence-corrected chi connectivity index (χ0v) is 10.8. The highest BCUT2D eigenvalue weighted by atomic mass is 15.2. The van der Waals surface area contributed by atoms with Crippen LogP contribution in [0.15, 0.2) is 18.2 Å². The van der Waals surface area contributed by atoms with Gasteiger partial charge in [0.15, 0.2) is 0 Å². The van der Waals surface area contributed by atoms with Crippen LogP contribution < -0.4 is 10.2 Å². The molecule has 0 amide bonds. The summed E-state index contributed by atoms with van der Waals surface area (Å²) in [5.74, 6) is 0. The molecule has 2 bridgehead atoms. The fraction of sp³-hybridized carbons (Fsp3) is 0.533. The molecule has 0 aromatic heterocycles. The number of rotatable bonds is 1. The third kappa shape index (κ3) is 2.09. The highest BCUT2D eigenvalue weighted by Gasteiger charge is 2.29. The van der Waals surface area contributed by atoms with Crippen molar-refractivity contribution in [1.82, 2.24) is 5.32 Å². The number of aryl methyl sites for hydroxylation is 1. The summed E-state index contributed by atoms with van der Waals surface area (Å²) in [4.78, 5) is 2.38. The van der Waals surface area contributed by atoms with Crippen molar-refractivity contribution in [3.63, 3.8) is 0 Å². The number of nitrogens with zero attached hydrogens (tertiary/aromatic N) is 2. The average Bonchev–Trinajstić information content (AvgIpc) is 2.70. The van der Waals surface area contributed by atoms with Gasteiger partial charge in [0.05, 0.1) is 11.3 Å². The van der Waals surface area contributed by atoms with E-state index < -0.39 is 0 Å². The standard InChI is InChI=1S/C15H19N3/c1-11-2-5-15(12(8-11)9-16)18-7-6-13-3-4-14(10-18)17-13/h2,5,8,13-14,17H,3-4,6-7,10H2,1H3. The third-order valence-corrected chi connectivity index (χ3v) is 4.14. The fourth-order valence-electron chi connectivity index (χ4n) is 3.18. The summed E-state index contributed by atoms with van der Waals surface area (Å²) in [6.45, 7) is 4.14.